The Hall–Kier alpha value is -4.65. The molecule has 63 heavy (non-hydrogen) atoms. The van der Waals surface area contributed by atoms with E-state index in [9.17, 15) is 0 Å². The molecule has 8 rings (SSSR count). The van der Waals surface area contributed by atoms with Gasteiger partial charge in [0, 0.05) is 0 Å². The van der Waals surface area contributed by atoms with Crippen molar-refractivity contribution in [3.63, 3.8) is 0 Å². The van der Waals surface area contributed by atoms with E-state index in [2.05, 4.69) is 72.8 Å². The molecule has 0 aromatic heterocycles. The minimum absolute atomic E-state index is 0.0508. The van der Waals surface area contributed by atoms with Gasteiger partial charge < -0.3 is 37.9 Å². The van der Waals surface area contributed by atoms with Crippen LogP contribution in [0.15, 0.2) is 182 Å². The van der Waals surface area contributed by atoms with Gasteiger partial charge in [0.15, 0.2) is 6.29 Å². The number of benzene rings is 6. The lowest BCUT2D eigenvalue weighted by Gasteiger charge is -2.46. The molecule has 2 fully saturated rings. The van der Waals surface area contributed by atoms with E-state index in [4.69, 9.17) is 37.9 Å². The van der Waals surface area contributed by atoms with Crippen LogP contribution < -0.4 is 0 Å². The van der Waals surface area contributed by atoms with Gasteiger partial charge in [-0.1, -0.05) is 182 Å². The highest BCUT2D eigenvalue weighted by Gasteiger charge is 2.50. The summed E-state index contributed by atoms with van der Waals surface area (Å²) in [6.07, 6.45) is -2.69. The summed E-state index contributed by atoms with van der Waals surface area (Å²) < 4.78 is 54.7. The molecule has 6 aromatic carbocycles. The molecular weight excluding hydrogens is 809 g/mol. The minimum atomic E-state index is -0.822. The standard InChI is InChI=1S/C54H58O8S/c1-7-19-41(20-8-1)33-55-39-48-51(58-36-44-25-13-4-14-26-44)52(59-37-45-27-15-5-16-28-45)53(60-38-46-29-17-6-18-30-46)54(62-48)61-40-49-50(57-35-43-23-11-3-12-24-43)47(31-32-63-49)56-34-42-21-9-2-10-22-42/h1-30,47-54H,31-40H2/t47-,48-,49+,50+,51+,52+,53-,54+/m1/s1. The number of rotatable bonds is 22. The van der Waals surface area contributed by atoms with Crippen LogP contribution in [0.4, 0.5) is 0 Å². The van der Waals surface area contributed by atoms with Crippen LogP contribution >= 0.6 is 11.8 Å². The van der Waals surface area contributed by atoms with Gasteiger partial charge in [0.2, 0.25) is 0 Å². The van der Waals surface area contributed by atoms with E-state index in [-0.39, 0.29) is 24.1 Å². The largest absolute Gasteiger partial charge is 0.374 e. The summed E-state index contributed by atoms with van der Waals surface area (Å²) in [7, 11) is 0. The summed E-state index contributed by atoms with van der Waals surface area (Å²) in [5.41, 5.74) is 6.43. The van der Waals surface area contributed by atoms with Crippen molar-refractivity contribution in [2.75, 3.05) is 19.0 Å². The van der Waals surface area contributed by atoms with Crippen LogP contribution in [0.25, 0.3) is 0 Å². The van der Waals surface area contributed by atoms with Crippen molar-refractivity contribution >= 4 is 11.8 Å². The molecule has 8 nitrogen and oxygen atoms in total. The highest BCUT2D eigenvalue weighted by atomic mass is 32.2. The fourth-order valence-electron chi connectivity index (χ4n) is 7.98. The van der Waals surface area contributed by atoms with Crippen molar-refractivity contribution in [3.05, 3.63) is 215 Å². The lowest BCUT2D eigenvalue weighted by Crippen LogP contribution is -2.62. The molecule has 2 aliphatic heterocycles. The number of hydrogen-bond donors (Lipinski definition) is 0. The summed E-state index contributed by atoms with van der Waals surface area (Å²) in [5, 5.41) is -0.0508. The first-order valence-electron chi connectivity index (χ1n) is 22.0. The van der Waals surface area contributed by atoms with Gasteiger partial charge in [-0.05, 0) is 45.6 Å². The van der Waals surface area contributed by atoms with Crippen molar-refractivity contribution in [1.82, 2.24) is 0 Å². The van der Waals surface area contributed by atoms with Gasteiger partial charge in [-0.25, -0.2) is 0 Å². The van der Waals surface area contributed by atoms with Gasteiger partial charge in [0.25, 0.3) is 0 Å². The van der Waals surface area contributed by atoms with E-state index in [0.29, 0.717) is 46.2 Å². The maximum absolute atomic E-state index is 7.04. The molecule has 328 valence electrons. The summed E-state index contributed by atoms with van der Waals surface area (Å²) in [5.74, 6) is 0.909. The second-order valence-electron chi connectivity index (χ2n) is 16.0. The highest BCUT2D eigenvalue weighted by Crippen LogP contribution is 2.35. The monoisotopic (exact) mass is 866 g/mol. The van der Waals surface area contributed by atoms with E-state index in [1.807, 2.05) is 121 Å². The Bertz CT molecular complexity index is 2130. The average molecular weight is 867 g/mol. The van der Waals surface area contributed by atoms with E-state index in [0.717, 1.165) is 45.6 Å². The first-order valence-corrected chi connectivity index (χ1v) is 23.1. The zero-order chi connectivity index (χ0) is 42.7. The molecule has 0 aliphatic carbocycles. The van der Waals surface area contributed by atoms with Gasteiger partial charge in [-0.15, -0.1) is 0 Å². The Kier molecular flexibility index (Phi) is 17.4. The fraction of sp³-hybridized carbons (Fsp3) is 0.333. The number of thioether (sulfide) groups is 1. The third-order valence-electron chi connectivity index (χ3n) is 11.3. The van der Waals surface area contributed by atoms with Gasteiger partial charge in [-0.2, -0.15) is 11.8 Å². The van der Waals surface area contributed by atoms with Crippen molar-refractivity contribution < 1.29 is 37.9 Å². The van der Waals surface area contributed by atoms with Crippen molar-refractivity contribution in [2.45, 2.75) is 94.2 Å². The van der Waals surface area contributed by atoms with E-state index in [1.54, 1.807) is 0 Å². The second-order valence-corrected chi connectivity index (χ2v) is 17.3. The Labute approximate surface area is 376 Å². The Morgan fingerprint density at radius 3 is 1.22 bits per heavy atom. The highest BCUT2D eigenvalue weighted by molar-refractivity contribution is 8.00. The van der Waals surface area contributed by atoms with E-state index < -0.39 is 30.7 Å². The van der Waals surface area contributed by atoms with Crippen LogP contribution in [0.5, 0.6) is 0 Å². The topological polar surface area (TPSA) is 73.8 Å². The molecule has 0 saturated carbocycles. The Morgan fingerprint density at radius 1 is 0.381 bits per heavy atom. The molecule has 9 heteroatoms. The van der Waals surface area contributed by atoms with E-state index in [1.165, 1.54) is 0 Å². The Balaban J connectivity index is 1.07. The molecule has 0 N–H and O–H groups in total. The minimum Gasteiger partial charge on any atom is -0.374 e. The first kappa shape index (κ1) is 44.9. The quantitative estimate of drug-likeness (QED) is 0.0663. The number of hydrogen-bond acceptors (Lipinski definition) is 9. The van der Waals surface area contributed by atoms with Crippen LogP contribution in [0.1, 0.15) is 39.8 Å². The molecule has 0 amide bonds. The maximum atomic E-state index is 7.04. The van der Waals surface area contributed by atoms with Crippen molar-refractivity contribution in [2.24, 2.45) is 0 Å². The number of ether oxygens (including phenoxy) is 8. The van der Waals surface area contributed by atoms with Crippen LogP contribution in [-0.4, -0.2) is 67.1 Å². The molecule has 2 heterocycles. The Morgan fingerprint density at radius 2 is 0.762 bits per heavy atom. The van der Waals surface area contributed by atoms with Crippen LogP contribution in [0, 0.1) is 0 Å². The van der Waals surface area contributed by atoms with Crippen LogP contribution in [0.3, 0.4) is 0 Å². The summed E-state index contributed by atoms with van der Waals surface area (Å²) in [6, 6.07) is 61.3. The predicted molar refractivity (Wildman–Crippen MR) is 247 cm³/mol. The fourth-order valence-corrected chi connectivity index (χ4v) is 9.27. The van der Waals surface area contributed by atoms with Crippen molar-refractivity contribution in [3.8, 4) is 0 Å². The molecular formula is C54H58O8S. The van der Waals surface area contributed by atoms with Crippen LogP contribution in [0.2, 0.25) is 0 Å². The SMILES string of the molecule is c1ccc(COC[C@H]2O[C@H](OC[C@@H]3SCC[C@@H](OCc4ccccc4)[C@@H]3OCc3ccccc3)[C@H](OCc3ccccc3)[C@@H](OCc3ccccc3)[C@H]2OCc2ccccc2)cc1. The molecule has 0 unspecified atom stereocenters. The molecule has 0 bridgehead atoms. The summed E-state index contributed by atoms with van der Waals surface area (Å²) in [6.45, 7) is 3.02. The van der Waals surface area contributed by atoms with Gasteiger partial charge in [0.1, 0.15) is 24.4 Å². The smallest absolute Gasteiger partial charge is 0.186 e. The van der Waals surface area contributed by atoms with Gasteiger partial charge in [-0.3, -0.25) is 0 Å². The molecule has 2 aliphatic rings. The third-order valence-corrected chi connectivity index (χ3v) is 12.6. The van der Waals surface area contributed by atoms with Crippen LogP contribution in [-0.2, 0) is 77.5 Å². The summed E-state index contributed by atoms with van der Waals surface area (Å²) in [4.78, 5) is 0. The van der Waals surface area contributed by atoms with Gasteiger partial charge in [0.05, 0.1) is 70.3 Å². The van der Waals surface area contributed by atoms with Crippen molar-refractivity contribution in [1.29, 1.82) is 0 Å². The average Bonchev–Trinajstić information content (AvgIpc) is 3.35. The second kappa shape index (κ2) is 24.4. The van der Waals surface area contributed by atoms with E-state index >= 15 is 0 Å². The maximum Gasteiger partial charge on any atom is 0.186 e. The zero-order valence-corrected chi connectivity index (χ0v) is 36.5. The molecule has 0 radical (unpaired) electrons. The summed E-state index contributed by atoms with van der Waals surface area (Å²) >= 11 is 1.85. The normalized spacial score (nSPS) is 23.6. The molecule has 6 aromatic rings. The molecule has 8 atom stereocenters. The first-order chi connectivity index (χ1) is 31.2. The predicted octanol–water partition coefficient (Wildman–Crippen LogP) is 10.4. The lowest BCUT2D eigenvalue weighted by atomic mass is 9.97. The van der Waals surface area contributed by atoms with Gasteiger partial charge >= 0.3 is 0 Å². The molecule has 2 saturated heterocycles. The lowest BCUT2D eigenvalue weighted by molar-refractivity contribution is -0.329. The molecule has 0 spiro atoms. The third kappa shape index (κ3) is 13.7. The zero-order valence-electron chi connectivity index (χ0n) is 35.7.